The molecule has 0 aliphatic heterocycles. The summed E-state index contributed by atoms with van der Waals surface area (Å²) in [5.74, 6) is 0. The van der Waals surface area contributed by atoms with Gasteiger partial charge in [0.1, 0.15) is 24.6 Å². The van der Waals surface area contributed by atoms with Crippen molar-refractivity contribution in [2.45, 2.75) is 80.9 Å². The summed E-state index contributed by atoms with van der Waals surface area (Å²) in [7, 11) is -5.17. The molecule has 2 heterocycles. The summed E-state index contributed by atoms with van der Waals surface area (Å²) in [6.07, 6.45) is 4.11. The zero-order chi connectivity index (χ0) is 22.8. The second-order valence-corrected chi connectivity index (χ2v) is 6.98. The lowest BCUT2D eigenvalue weighted by Crippen LogP contribution is -2.34. The van der Waals surface area contributed by atoms with E-state index >= 15 is 0 Å². The van der Waals surface area contributed by atoms with Crippen molar-refractivity contribution in [2.24, 2.45) is 0 Å². The van der Waals surface area contributed by atoms with E-state index in [9.17, 15) is 0 Å². The van der Waals surface area contributed by atoms with E-state index in [1.165, 1.54) is 11.4 Å². The number of aliphatic hydroxyl groups excluding tert-OH is 2. The summed E-state index contributed by atoms with van der Waals surface area (Å²) in [6.45, 7) is 16.5. The zero-order valence-corrected chi connectivity index (χ0v) is 18.9. The highest BCUT2D eigenvalue weighted by Gasteiger charge is 2.16. The van der Waals surface area contributed by atoms with E-state index < -0.39 is 10.4 Å². The molecule has 11 heteroatoms. The third-order valence-corrected chi connectivity index (χ3v) is 4.61. The standard InChI is InChI=1S/2C9H17N2O.H2O4S/c2*1-4-10-7-11(5-2)9(6-12)8(10)3;1-5(2,3)4/h2*7,12H,4-6H2,1-3H3;(H2,1,2,3,4)/q2*+1;/p-2. The Morgan fingerprint density at radius 2 is 1.10 bits per heavy atom. The Morgan fingerprint density at radius 1 is 0.828 bits per heavy atom. The fraction of sp³-hybridized carbons (Fsp3) is 0.667. The summed E-state index contributed by atoms with van der Waals surface area (Å²) < 4.78 is 42.5. The highest BCUT2D eigenvalue weighted by molar-refractivity contribution is 7.79. The molecule has 0 aliphatic rings. The van der Waals surface area contributed by atoms with Crippen molar-refractivity contribution in [1.82, 2.24) is 9.13 Å². The van der Waals surface area contributed by atoms with E-state index in [1.54, 1.807) is 0 Å². The van der Waals surface area contributed by atoms with Gasteiger partial charge in [0.05, 0.1) is 26.2 Å². The smallest absolute Gasteiger partial charge is 0.244 e. The molecule has 168 valence electrons. The first-order valence-corrected chi connectivity index (χ1v) is 10.9. The molecule has 0 fully saturated rings. The lowest BCUT2D eigenvalue weighted by molar-refractivity contribution is -0.702. The molecule has 2 aromatic rings. The minimum absolute atomic E-state index is 0.132. The van der Waals surface area contributed by atoms with Crippen LogP contribution in [0.4, 0.5) is 0 Å². The summed E-state index contributed by atoms with van der Waals surface area (Å²) in [4.78, 5) is 0. The molecule has 10 nitrogen and oxygen atoms in total. The van der Waals surface area contributed by atoms with Crippen molar-refractivity contribution < 1.29 is 36.9 Å². The average molecular weight is 435 g/mol. The molecule has 0 saturated heterocycles. The number of rotatable bonds is 6. The summed E-state index contributed by atoms with van der Waals surface area (Å²) in [5, 5.41) is 18.2. The van der Waals surface area contributed by atoms with Gasteiger partial charge in [0.15, 0.2) is 11.4 Å². The minimum atomic E-state index is -5.17. The van der Waals surface area contributed by atoms with E-state index in [0.29, 0.717) is 0 Å². The van der Waals surface area contributed by atoms with Gasteiger partial charge >= 0.3 is 0 Å². The van der Waals surface area contributed by atoms with Crippen LogP contribution in [0, 0.1) is 13.8 Å². The van der Waals surface area contributed by atoms with E-state index in [4.69, 9.17) is 27.7 Å². The van der Waals surface area contributed by atoms with Gasteiger partial charge in [0.25, 0.3) is 0 Å². The quantitative estimate of drug-likeness (QED) is 0.370. The summed E-state index contributed by atoms with van der Waals surface area (Å²) in [5.41, 5.74) is 4.39. The van der Waals surface area contributed by atoms with Crippen LogP contribution >= 0.6 is 0 Å². The molecular weight excluding hydrogens is 400 g/mol. The number of imidazole rings is 2. The fourth-order valence-corrected chi connectivity index (χ4v) is 2.99. The summed E-state index contributed by atoms with van der Waals surface area (Å²) in [6, 6.07) is 0. The number of hydrogen-bond acceptors (Lipinski definition) is 6. The van der Waals surface area contributed by atoms with E-state index in [-0.39, 0.29) is 13.2 Å². The van der Waals surface area contributed by atoms with Crippen LogP contribution in [0.15, 0.2) is 12.7 Å². The minimum Gasteiger partial charge on any atom is -0.759 e. The first kappa shape index (κ1) is 27.2. The van der Waals surface area contributed by atoms with E-state index in [1.807, 2.05) is 13.8 Å². The largest absolute Gasteiger partial charge is 0.759 e. The molecule has 2 rings (SSSR count). The molecule has 2 N–H and O–H groups in total. The molecular formula is C18H34N4O6S. The van der Waals surface area contributed by atoms with Gasteiger partial charge in [-0.2, -0.15) is 0 Å². The van der Waals surface area contributed by atoms with Crippen LogP contribution in [-0.2, 0) is 49.8 Å². The SMILES string of the molecule is CCn1c[n+](CC)c(CO)c1C.CCn1c[n+](CC)c(CO)c1C.O=S(=O)([O-])[O-]. The molecule has 0 saturated carbocycles. The van der Waals surface area contributed by atoms with Crippen LogP contribution in [0.5, 0.6) is 0 Å². The molecule has 0 amide bonds. The topological polar surface area (TPSA) is 138 Å². The first-order valence-electron chi connectivity index (χ1n) is 9.53. The predicted molar refractivity (Wildman–Crippen MR) is 104 cm³/mol. The van der Waals surface area contributed by atoms with Gasteiger partial charge in [0, 0.05) is 24.2 Å². The van der Waals surface area contributed by atoms with Crippen LogP contribution < -0.4 is 9.13 Å². The molecule has 0 bridgehead atoms. The predicted octanol–water partition coefficient (Wildman–Crippen LogP) is -0.106. The van der Waals surface area contributed by atoms with Gasteiger partial charge in [-0.1, -0.05) is 0 Å². The van der Waals surface area contributed by atoms with Gasteiger partial charge in [-0.15, -0.1) is 0 Å². The number of aryl methyl sites for hydroxylation is 4. The fourth-order valence-electron chi connectivity index (χ4n) is 2.99. The molecule has 2 aromatic heterocycles. The van der Waals surface area contributed by atoms with Crippen LogP contribution in [-0.4, -0.2) is 36.9 Å². The van der Waals surface area contributed by atoms with Gasteiger partial charge in [0.2, 0.25) is 12.7 Å². The van der Waals surface area contributed by atoms with Crippen molar-refractivity contribution in [3.63, 3.8) is 0 Å². The van der Waals surface area contributed by atoms with Crippen LogP contribution in [0.3, 0.4) is 0 Å². The van der Waals surface area contributed by atoms with Gasteiger partial charge in [-0.05, 0) is 27.7 Å². The van der Waals surface area contributed by atoms with Crippen molar-refractivity contribution in [2.75, 3.05) is 0 Å². The Morgan fingerprint density at radius 3 is 1.24 bits per heavy atom. The molecule has 0 atom stereocenters. The maximum Gasteiger partial charge on any atom is 0.244 e. The zero-order valence-electron chi connectivity index (χ0n) is 18.1. The molecule has 0 spiro atoms. The first-order chi connectivity index (χ1) is 13.5. The summed E-state index contributed by atoms with van der Waals surface area (Å²) >= 11 is 0. The second kappa shape index (κ2) is 12.7. The molecule has 0 radical (unpaired) electrons. The third-order valence-electron chi connectivity index (χ3n) is 4.61. The number of aromatic nitrogens is 4. The molecule has 0 aromatic carbocycles. The Labute approximate surface area is 173 Å². The number of nitrogens with zero attached hydrogens (tertiary/aromatic N) is 4. The Bertz CT molecular complexity index is 794. The third kappa shape index (κ3) is 8.62. The maximum atomic E-state index is 9.11. The number of hydrogen-bond donors (Lipinski definition) is 2. The Hall–Kier alpha value is -1.79. The molecule has 0 aliphatic carbocycles. The van der Waals surface area contributed by atoms with Gasteiger partial charge in [-0.25, -0.2) is 18.3 Å². The van der Waals surface area contributed by atoms with Crippen molar-refractivity contribution in [3.05, 3.63) is 35.4 Å². The van der Waals surface area contributed by atoms with Crippen LogP contribution in [0.2, 0.25) is 0 Å². The van der Waals surface area contributed by atoms with E-state index in [2.05, 4.69) is 58.6 Å². The lowest BCUT2D eigenvalue weighted by Gasteiger charge is -2.06. The van der Waals surface area contributed by atoms with Gasteiger partial charge < -0.3 is 19.3 Å². The van der Waals surface area contributed by atoms with Crippen LogP contribution in [0.1, 0.15) is 50.5 Å². The highest BCUT2D eigenvalue weighted by Crippen LogP contribution is 2.04. The monoisotopic (exact) mass is 434 g/mol. The van der Waals surface area contributed by atoms with Crippen molar-refractivity contribution in [1.29, 1.82) is 0 Å². The highest BCUT2D eigenvalue weighted by atomic mass is 32.3. The average Bonchev–Trinajstić information content (AvgIpc) is 3.15. The maximum absolute atomic E-state index is 9.11. The molecule has 29 heavy (non-hydrogen) atoms. The Kier molecular flexibility index (Phi) is 11.9. The Balaban J connectivity index is 0.000000442. The lowest BCUT2D eigenvalue weighted by atomic mass is 10.3. The van der Waals surface area contributed by atoms with E-state index in [0.717, 1.165) is 37.6 Å². The number of aliphatic hydroxyl groups is 2. The van der Waals surface area contributed by atoms with Crippen molar-refractivity contribution >= 4 is 10.4 Å². The van der Waals surface area contributed by atoms with Crippen molar-refractivity contribution in [3.8, 4) is 0 Å². The normalized spacial score (nSPS) is 10.8. The van der Waals surface area contributed by atoms with Crippen LogP contribution in [0.25, 0.3) is 0 Å². The van der Waals surface area contributed by atoms with Gasteiger partial charge in [-0.3, -0.25) is 8.42 Å². The molecule has 0 unspecified atom stereocenters. The second-order valence-electron chi connectivity index (χ2n) is 6.16.